The van der Waals surface area contributed by atoms with E-state index in [4.69, 9.17) is 0 Å². The van der Waals surface area contributed by atoms with Crippen LogP contribution < -0.4 is 0 Å². The zero-order valence-corrected chi connectivity index (χ0v) is 40.4. The van der Waals surface area contributed by atoms with Crippen LogP contribution in [0.2, 0.25) is 0 Å². The second-order valence-electron chi connectivity index (χ2n) is 19.0. The fourth-order valence-electron chi connectivity index (χ4n) is 12.3. The number of hydrogen-bond donors (Lipinski definition) is 0. The molecule has 0 aliphatic carbocycles. The highest BCUT2D eigenvalue weighted by Crippen LogP contribution is 2.49. The molecule has 2 heteroatoms. The molecular weight excluding hydrogens is 881 g/mol. The van der Waals surface area contributed by atoms with Crippen LogP contribution in [0.3, 0.4) is 0 Å². The van der Waals surface area contributed by atoms with E-state index in [1.165, 1.54) is 115 Å². The summed E-state index contributed by atoms with van der Waals surface area (Å²) in [4.78, 5) is 0. The van der Waals surface area contributed by atoms with Gasteiger partial charge in [0, 0.05) is 32.9 Å². The molecule has 0 spiro atoms. The van der Waals surface area contributed by atoms with Gasteiger partial charge in [-0.1, -0.05) is 213 Å². The molecule has 0 bridgehead atoms. The SMILES string of the molecule is C=C/C=C(\C(=C/C)c1ccccc1)c1c2cccc(-c3cccc4ccc5c(c6ccccc6n5-c5ccccc5)c34)c2cc2c(-c3cccc4ccc5c(c6ccccc6n5-c5ccccc5)c34)cccc12. The van der Waals surface area contributed by atoms with E-state index in [1.807, 2.05) is 6.08 Å². The minimum Gasteiger partial charge on any atom is -0.309 e. The van der Waals surface area contributed by atoms with Crippen molar-refractivity contribution in [3.05, 3.63) is 279 Å². The van der Waals surface area contributed by atoms with Gasteiger partial charge in [-0.15, -0.1) is 0 Å². The van der Waals surface area contributed by atoms with Crippen LogP contribution in [-0.4, -0.2) is 9.13 Å². The lowest BCUT2D eigenvalue weighted by Gasteiger charge is -2.21. The molecule has 0 N–H and O–H groups in total. The molecule has 2 aromatic heterocycles. The highest BCUT2D eigenvalue weighted by atomic mass is 15.0. The van der Waals surface area contributed by atoms with Gasteiger partial charge < -0.3 is 9.13 Å². The van der Waals surface area contributed by atoms with Crippen molar-refractivity contribution in [2.75, 3.05) is 0 Å². The van der Waals surface area contributed by atoms with Gasteiger partial charge in [-0.3, -0.25) is 0 Å². The summed E-state index contributed by atoms with van der Waals surface area (Å²) >= 11 is 0. The van der Waals surface area contributed by atoms with Crippen LogP contribution >= 0.6 is 0 Å². The summed E-state index contributed by atoms with van der Waals surface area (Å²) in [7, 11) is 0. The smallest absolute Gasteiger partial charge is 0.0547 e. The summed E-state index contributed by atoms with van der Waals surface area (Å²) in [5.41, 5.74) is 16.5. The number of allylic oxidation sites excluding steroid dienone is 5. The Balaban J connectivity index is 1.13. The average molecular weight is 929 g/mol. The van der Waals surface area contributed by atoms with Crippen molar-refractivity contribution in [1.29, 1.82) is 0 Å². The van der Waals surface area contributed by atoms with Gasteiger partial charge in [0.1, 0.15) is 0 Å². The first kappa shape index (κ1) is 42.4. The fourth-order valence-corrected chi connectivity index (χ4v) is 12.3. The van der Waals surface area contributed by atoms with E-state index in [1.54, 1.807) is 0 Å². The van der Waals surface area contributed by atoms with Gasteiger partial charge in [-0.2, -0.15) is 0 Å². The molecule has 12 aromatic carbocycles. The van der Waals surface area contributed by atoms with Crippen molar-refractivity contribution >= 4 is 97.8 Å². The van der Waals surface area contributed by atoms with Crippen molar-refractivity contribution in [2.45, 2.75) is 6.92 Å². The third-order valence-corrected chi connectivity index (χ3v) is 15.2. The molecule has 0 fully saturated rings. The van der Waals surface area contributed by atoms with Crippen molar-refractivity contribution in [1.82, 2.24) is 9.13 Å². The summed E-state index contributed by atoms with van der Waals surface area (Å²) in [5, 5.41) is 14.7. The lowest BCUT2D eigenvalue weighted by atomic mass is 9.81. The van der Waals surface area contributed by atoms with E-state index in [2.05, 4.69) is 277 Å². The van der Waals surface area contributed by atoms with Crippen LogP contribution in [0.15, 0.2) is 267 Å². The molecule has 14 rings (SSSR count). The fraction of sp³-hybridized carbons (Fsp3) is 0.0141. The summed E-state index contributed by atoms with van der Waals surface area (Å²) in [6, 6.07) is 89.4. The monoisotopic (exact) mass is 928 g/mol. The maximum Gasteiger partial charge on any atom is 0.0547 e. The van der Waals surface area contributed by atoms with Gasteiger partial charge in [0.05, 0.1) is 22.1 Å². The third kappa shape index (κ3) is 6.51. The Kier molecular flexibility index (Phi) is 9.94. The van der Waals surface area contributed by atoms with Gasteiger partial charge >= 0.3 is 0 Å². The number of hydrogen-bond acceptors (Lipinski definition) is 0. The predicted octanol–water partition coefficient (Wildman–Crippen LogP) is 19.5. The van der Waals surface area contributed by atoms with Gasteiger partial charge in [0.15, 0.2) is 0 Å². The van der Waals surface area contributed by atoms with Gasteiger partial charge in [0.2, 0.25) is 0 Å². The maximum atomic E-state index is 4.34. The van der Waals surface area contributed by atoms with E-state index in [0.29, 0.717) is 0 Å². The molecule has 0 aliphatic heterocycles. The molecule has 2 nitrogen and oxygen atoms in total. The first-order chi connectivity index (χ1) is 36.2. The maximum absolute atomic E-state index is 4.34. The number of fused-ring (bicyclic) bond motifs is 12. The Morgan fingerprint density at radius 1 is 0.342 bits per heavy atom. The molecule has 0 aliphatic rings. The Bertz CT molecular complexity index is 4350. The normalized spacial score (nSPS) is 12.4. The largest absolute Gasteiger partial charge is 0.309 e. The van der Waals surface area contributed by atoms with E-state index in [0.717, 1.165) is 28.1 Å². The highest BCUT2D eigenvalue weighted by molar-refractivity contribution is 6.30. The Morgan fingerprint density at radius 3 is 1.25 bits per heavy atom. The molecule has 0 saturated heterocycles. The van der Waals surface area contributed by atoms with Crippen LogP contribution in [0, 0.1) is 0 Å². The summed E-state index contributed by atoms with van der Waals surface area (Å²) < 4.78 is 4.85. The zero-order valence-electron chi connectivity index (χ0n) is 40.4. The van der Waals surface area contributed by atoms with Gasteiger partial charge in [-0.05, 0) is 149 Å². The second kappa shape index (κ2) is 17.1. The Morgan fingerprint density at radius 2 is 0.767 bits per heavy atom. The number of para-hydroxylation sites is 4. The molecule has 0 atom stereocenters. The first-order valence-electron chi connectivity index (χ1n) is 25.2. The van der Waals surface area contributed by atoms with E-state index >= 15 is 0 Å². The lowest BCUT2D eigenvalue weighted by Crippen LogP contribution is -1.97. The van der Waals surface area contributed by atoms with Gasteiger partial charge in [0.25, 0.3) is 0 Å². The quantitative estimate of drug-likeness (QED) is 0.106. The molecule has 342 valence electrons. The van der Waals surface area contributed by atoms with Gasteiger partial charge in [-0.25, -0.2) is 0 Å². The Labute approximate surface area is 423 Å². The first-order valence-corrected chi connectivity index (χ1v) is 25.2. The topological polar surface area (TPSA) is 9.86 Å². The molecular formula is C71H48N2. The lowest BCUT2D eigenvalue weighted by molar-refractivity contribution is 1.18. The summed E-state index contributed by atoms with van der Waals surface area (Å²) in [6.07, 6.45) is 6.43. The highest BCUT2D eigenvalue weighted by Gasteiger charge is 2.24. The molecule has 0 radical (unpaired) electrons. The molecule has 73 heavy (non-hydrogen) atoms. The summed E-state index contributed by atoms with van der Waals surface area (Å²) in [5.74, 6) is 0. The predicted molar refractivity (Wildman–Crippen MR) is 314 cm³/mol. The summed E-state index contributed by atoms with van der Waals surface area (Å²) in [6.45, 7) is 6.50. The number of aromatic nitrogens is 2. The van der Waals surface area contributed by atoms with E-state index in [9.17, 15) is 0 Å². The number of rotatable bonds is 8. The van der Waals surface area contributed by atoms with Crippen molar-refractivity contribution in [2.24, 2.45) is 0 Å². The molecule has 14 aromatic rings. The zero-order chi connectivity index (χ0) is 48.6. The van der Waals surface area contributed by atoms with E-state index < -0.39 is 0 Å². The molecule has 0 amide bonds. The van der Waals surface area contributed by atoms with Crippen LogP contribution in [-0.2, 0) is 0 Å². The molecule has 0 unspecified atom stereocenters. The minimum absolute atomic E-state index is 1.13. The number of nitrogens with zero attached hydrogens (tertiary/aromatic N) is 2. The van der Waals surface area contributed by atoms with Crippen molar-refractivity contribution in [3.63, 3.8) is 0 Å². The molecule has 0 saturated carbocycles. The number of benzene rings is 12. The van der Waals surface area contributed by atoms with Crippen molar-refractivity contribution < 1.29 is 0 Å². The van der Waals surface area contributed by atoms with Crippen LogP contribution in [0.5, 0.6) is 0 Å². The van der Waals surface area contributed by atoms with E-state index in [-0.39, 0.29) is 0 Å². The van der Waals surface area contributed by atoms with Crippen LogP contribution in [0.25, 0.3) is 131 Å². The van der Waals surface area contributed by atoms with Crippen LogP contribution in [0.4, 0.5) is 0 Å². The average Bonchev–Trinajstić information content (AvgIpc) is 3.98. The standard InChI is InChI=1S/C71H48N2/c1-3-22-54(51(4-2)46-23-8-5-9-24-46)69-57-37-20-33-52(55-35-18-25-47-41-43-65-70(67(47)55)59-31-14-16-39-63(59)72(65)49-27-10-6-11-28-49)61(57)45-62-53(34-21-38-58(62)69)56-36-19-26-48-42-44-66-71(68(48)56)60-32-15-17-40-64(60)73(66)50-29-12-7-13-30-50/h3-45H,1H2,2H3/b51-4-,54-22+. The van der Waals surface area contributed by atoms with Crippen LogP contribution in [0.1, 0.15) is 18.1 Å². The second-order valence-corrected chi connectivity index (χ2v) is 19.0. The third-order valence-electron chi connectivity index (χ3n) is 15.2. The van der Waals surface area contributed by atoms with Crippen molar-refractivity contribution in [3.8, 4) is 33.6 Å². The minimum atomic E-state index is 1.13. The molecule has 2 heterocycles. The Hall–Kier alpha value is -9.50.